The van der Waals surface area contributed by atoms with E-state index < -0.39 is 0 Å². The fourth-order valence-corrected chi connectivity index (χ4v) is 2.82. The standard InChI is InChI=1S/C17H21FN4O/c1-21(17-6-3-7-19-20-17)12-16-13-22(8-9-23-16)11-14-4-2-5-15(18)10-14/h2-7,10,16H,8-9,11-13H2,1H3/t16-/m0/s1. The molecule has 1 fully saturated rings. The lowest BCUT2D eigenvalue weighted by Crippen LogP contribution is -2.46. The zero-order valence-corrected chi connectivity index (χ0v) is 13.2. The molecule has 6 heteroatoms. The molecule has 0 unspecified atom stereocenters. The van der Waals surface area contributed by atoms with Crippen LogP contribution in [0.4, 0.5) is 10.2 Å². The second kappa shape index (κ2) is 7.48. The van der Waals surface area contributed by atoms with Gasteiger partial charge in [-0.25, -0.2) is 4.39 Å². The van der Waals surface area contributed by atoms with Crippen LogP contribution < -0.4 is 4.90 Å². The van der Waals surface area contributed by atoms with Gasteiger partial charge in [-0.15, -0.1) is 5.10 Å². The predicted molar refractivity (Wildman–Crippen MR) is 86.7 cm³/mol. The van der Waals surface area contributed by atoms with Crippen molar-refractivity contribution in [3.05, 3.63) is 54.0 Å². The van der Waals surface area contributed by atoms with Crippen molar-refractivity contribution in [3.8, 4) is 0 Å². The molecule has 0 aliphatic carbocycles. The Labute approximate surface area is 135 Å². The minimum Gasteiger partial charge on any atom is -0.374 e. The summed E-state index contributed by atoms with van der Waals surface area (Å²) >= 11 is 0. The van der Waals surface area contributed by atoms with E-state index in [1.54, 1.807) is 18.3 Å². The number of aromatic nitrogens is 2. The molecule has 0 saturated carbocycles. The lowest BCUT2D eigenvalue weighted by Gasteiger charge is -2.35. The minimum absolute atomic E-state index is 0.101. The second-order valence-electron chi connectivity index (χ2n) is 5.82. The van der Waals surface area contributed by atoms with Crippen LogP contribution in [-0.4, -0.2) is 54.5 Å². The smallest absolute Gasteiger partial charge is 0.151 e. The number of morpholine rings is 1. The third kappa shape index (κ3) is 4.46. The first-order valence-electron chi connectivity index (χ1n) is 7.78. The first-order valence-corrected chi connectivity index (χ1v) is 7.78. The Hall–Kier alpha value is -2.05. The summed E-state index contributed by atoms with van der Waals surface area (Å²) in [7, 11) is 1.99. The molecule has 1 aromatic heterocycles. The number of hydrogen-bond acceptors (Lipinski definition) is 5. The largest absolute Gasteiger partial charge is 0.374 e. The summed E-state index contributed by atoms with van der Waals surface area (Å²) < 4.78 is 19.2. The van der Waals surface area contributed by atoms with Crippen LogP contribution in [-0.2, 0) is 11.3 Å². The lowest BCUT2D eigenvalue weighted by molar-refractivity contribution is -0.0265. The Morgan fingerprint density at radius 1 is 1.35 bits per heavy atom. The van der Waals surface area contributed by atoms with Gasteiger partial charge in [0.25, 0.3) is 0 Å². The Morgan fingerprint density at radius 2 is 2.26 bits per heavy atom. The number of rotatable bonds is 5. The number of hydrogen-bond donors (Lipinski definition) is 0. The quantitative estimate of drug-likeness (QED) is 0.843. The van der Waals surface area contributed by atoms with E-state index in [0.717, 1.165) is 37.6 Å². The summed E-state index contributed by atoms with van der Waals surface area (Å²) in [6.45, 7) is 3.86. The van der Waals surface area contributed by atoms with Gasteiger partial charge in [-0.2, -0.15) is 5.10 Å². The molecule has 3 rings (SSSR count). The first-order chi connectivity index (χ1) is 11.2. The number of halogens is 1. The number of benzene rings is 1. The van der Waals surface area contributed by atoms with Gasteiger partial charge >= 0.3 is 0 Å². The zero-order chi connectivity index (χ0) is 16.1. The molecule has 1 aliphatic rings. The number of likely N-dealkylation sites (N-methyl/N-ethyl adjacent to an activating group) is 1. The molecule has 23 heavy (non-hydrogen) atoms. The molecule has 5 nitrogen and oxygen atoms in total. The van der Waals surface area contributed by atoms with Gasteiger partial charge in [-0.1, -0.05) is 12.1 Å². The molecule has 1 aromatic carbocycles. The molecule has 0 N–H and O–H groups in total. The number of anilines is 1. The third-order valence-corrected chi connectivity index (χ3v) is 3.94. The van der Waals surface area contributed by atoms with E-state index in [1.165, 1.54) is 6.07 Å². The molecule has 0 radical (unpaired) electrons. The maximum atomic E-state index is 13.3. The molecule has 122 valence electrons. The van der Waals surface area contributed by atoms with Crippen molar-refractivity contribution in [1.82, 2.24) is 15.1 Å². The summed E-state index contributed by atoms with van der Waals surface area (Å²) in [5.74, 6) is 0.646. The van der Waals surface area contributed by atoms with Crippen LogP contribution in [0.25, 0.3) is 0 Å². The van der Waals surface area contributed by atoms with Gasteiger partial charge in [-0.3, -0.25) is 4.90 Å². The van der Waals surface area contributed by atoms with Crippen LogP contribution in [0.3, 0.4) is 0 Å². The Kier molecular flexibility index (Phi) is 5.15. The maximum absolute atomic E-state index is 13.3. The van der Waals surface area contributed by atoms with Crippen LogP contribution in [0, 0.1) is 5.82 Å². The maximum Gasteiger partial charge on any atom is 0.151 e. The summed E-state index contributed by atoms with van der Waals surface area (Å²) in [6.07, 6.45) is 1.76. The molecule has 0 amide bonds. The van der Waals surface area contributed by atoms with Crippen molar-refractivity contribution in [2.24, 2.45) is 0 Å². The van der Waals surface area contributed by atoms with Crippen molar-refractivity contribution >= 4 is 5.82 Å². The molecule has 2 heterocycles. The van der Waals surface area contributed by atoms with Gasteiger partial charge in [0.05, 0.1) is 12.7 Å². The third-order valence-electron chi connectivity index (χ3n) is 3.94. The number of nitrogens with zero attached hydrogens (tertiary/aromatic N) is 4. The Bertz CT molecular complexity index is 625. The molecule has 0 spiro atoms. The normalized spacial score (nSPS) is 18.8. The van der Waals surface area contributed by atoms with Crippen molar-refractivity contribution in [1.29, 1.82) is 0 Å². The molecule has 1 saturated heterocycles. The molecule has 1 atom stereocenters. The van der Waals surface area contributed by atoms with Crippen LogP contribution in [0.15, 0.2) is 42.6 Å². The van der Waals surface area contributed by atoms with Crippen molar-refractivity contribution < 1.29 is 9.13 Å². The van der Waals surface area contributed by atoms with Gasteiger partial charge in [0.15, 0.2) is 5.82 Å². The fraction of sp³-hybridized carbons (Fsp3) is 0.412. The van der Waals surface area contributed by atoms with E-state index in [-0.39, 0.29) is 11.9 Å². The highest BCUT2D eigenvalue weighted by Gasteiger charge is 2.22. The number of ether oxygens (including phenoxy) is 1. The van der Waals surface area contributed by atoms with Crippen LogP contribution in [0.5, 0.6) is 0 Å². The molecular weight excluding hydrogens is 295 g/mol. The zero-order valence-electron chi connectivity index (χ0n) is 13.2. The SMILES string of the molecule is CN(C[C@H]1CN(Cc2cccc(F)c2)CCO1)c1cccnn1. The first kappa shape index (κ1) is 15.8. The van der Waals surface area contributed by atoms with Crippen molar-refractivity contribution in [3.63, 3.8) is 0 Å². The monoisotopic (exact) mass is 316 g/mol. The molecular formula is C17H21FN4O. The topological polar surface area (TPSA) is 41.5 Å². The Morgan fingerprint density at radius 3 is 3.04 bits per heavy atom. The molecule has 0 bridgehead atoms. The highest BCUT2D eigenvalue weighted by molar-refractivity contribution is 5.35. The minimum atomic E-state index is -0.185. The van der Waals surface area contributed by atoms with Crippen molar-refractivity contribution in [2.75, 3.05) is 38.2 Å². The van der Waals surface area contributed by atoms with E-state index in [1.807, 2.05) is 30.1 Å². The van der Waals surface area contributed by atoms with Gasteiger partial charge in [-0.05, 0) is 29.8 Å². The van der Waals surface area contributed by atoms with Crippen molar-refractivity contribution in [2.45, 2.75) is 12.6 Å². The van der Waals surface area contributed by atoms with Crippen LogP contribution >= 0.6 is 0 Å². The van der Waals surface area contributed by atoms with Crippen LogP contribution in [0.1, 0.15) is 5.56 Å². The summed E-state index contributed by atoms with van der Waals surface area (Å²) in [4.78, 5) is 4.34. The molecule has 1 aliphatic heterocycles. The second-order valence-corrected chi connectivity index (χ2v) is 5.82. The van der Waals surface area contributed by atoms with E-state index in [2.05, 4.69) is 15.1 Å². The average Bonchev–Trinajstić information content (AvgIpc) is 2.56. The summed E-state index contributed by atoms with van der Waals surface area (Å²) in [5.41, 5.74) is 0.993. The Balaban J connectivity index is 1.56. The predicted octanol–water partition coefficient (Wildman–Crippen LogP) is 1.95. The average molecular weight is 316 g/mol. The molecule has 2 aromatic rings. The van der Waals surface area contributed by atoms with Crippen LogP contribution in [0.2, 0.25) is 0 Å². The summed E-state index contributed by atoms with van der Waals surface area (Å²) in [6, 6.07) is 10.6. The van der Waals surface area contributed by atoms with E-state index >= 15 is 0 Å². The van der Waals surface area contributed by atoms with Gasteiger partial charge in [0.2, 0.25) is 0 Å². The lowest BCUT2D eigenvalue weighted by atomic mass is 10.2. The van der Waals surface area contributed by atoms with E-state index in [4.69, 9.17) is 4.74 Å². The summed E-state index contributed by atoms with van der Waals surface area (Å²) in [5, 5.41) is 8.01. The fourth-order valence-electron chi connectivity index (χ4n) is 2.82. The van der Waals surface area contributed by atoms with Gasteiger partial charge in [0, 0.05) is 39.4 Å². The highest BCUT2D eigenvalue weighted by atomic mass is 19.1. The van der Waals surface area contributed by atoms with E-state index in [0.29, 0.717) is 6.61 Å². The van der Waals surface area contributed by atoms with Gasteiger partial charge < -0.3 is 9.64 Å². The van der Waals surface area contributed by atoms with E-state index in [9.17, 15) is 4.39 Å². The van der Waals surface area contributed by atoms with Gasteiger partial charge in [0.1, 0.15) is 5.82 Å². The highest BCUT2D eigenvalue weighted by Crippen LogP contribution is 2.14.